The number of amides is 1. The second kappa shape index (κ2) is 7.44. The number of thiophene rings is 1. The van der Waals surface area contributed by atoms with Crippen molar-refractivity contribution in [1.82, 2.24) is 0 Å². The fraction of sp³-hybridized carbons (Fsp3) is 0.429. The lowest BCUT2D eigenvalue weighted by atomic mass is 9.68. The zero-order valence-corrected chi connectivity index (χ0v) is 15.9. The number of rotatable bonds is 4. The first-order valence-electron chi connectivity index (χ1n) is 9.44. The molecule has 2 aromatic rings. The van der Waals surface area contributed by atoms with E-state index in [2.05, 4.69) is 5.32 Å². The number of carboxylic acids is 1. The molecule has 1 aliphatic carbocycles. The first-order valence-corrected chi connectivity index (χ1v) is 10.3. The zero-order chi connectivity index (χ0) is 18.9. The van der Waals surface area contributed by atoms with Crippen molar-refractivity contribution in [2.45, 2.75) is 50.5 Å². The molecule has 2 heterocycles. The van der Waals surface area contributed by atoms with Crippen LogP contribution in [-0.4, -0.2) is 23.6 Å². The van der Waals surface area contributed by atoms with Crippen LogP contribution in [0.3, 0.4) is 0 Å². The molecule has 0 saturated heterocycles. The topological polar surface area (TPSA) is 75.6 Å². The van der Waals surface area contributed by atoms with Gasteiger partial charge in [0.2, 0.25) is 5.91 Å². The van der Waals surface area contributed by atoms with Crippen LogP contribution in [0.4, 0.5) is 5.00 Å². The molecule has 5 nitrogen and oxygen atoms in total. The van der Waals surface area contributed by atoms with E-state index in [0.29, 0.717) is 24.6 Å². The number of anilines is 1. The molecule has 1 amide bonds. The predicted octanol–water partition coefficient (Wildman–Crippen LogP) is 4.36. The van der Waals surface area contributed by atoms with Crippen molar-refractivity contribution in [1.29, 1.82) is 0 Å². The summed E-state index contributed by atoms with van der Waals surface area (Å²) in [5.41, 5.74) is 1.48. The van der Waals surface area contributed by atoms with Crippen molar-refractivity contribution in [2.24, 2.45) is 0 Å². The average Bonchev–Trinajstić information content (AvgIpc) is 3.07. The molecular weight excluding hydrogens is 362 g/mol. The molecule has 1 aliphatic heterocycles. The first-order chi connectivity index (χ1) is 13.1. The molecule has 6 heteroatoms. The van der Waals surface area contributed by atoms with Crippen LogP contribution in [0.25, 0.3) is 0 Å². The van der Waals surface area contributed by atoms with E-state index in [9.17, 15) is 14.7 Å². The minimum atomic E-state index is -0.984. The molecule has 0 bridgehead atoms. The second-order valence-corrected chi connectivity index (χ2v) is 8.38. The van der Waals surface area contributed by atoms with Gasteiger partial charge in [-0.2, -0.15) is 0 Å². The summed E-state index contributed by atoms with van der Waals surface area (Å²) in [6.07, 6.45) is 5.30. The summed E-state index contributed by atoms with van der Waals surface area (Å²) in [6, 6.07) is 9.89. The fourth-order valence-electron chi connectivity index (χ4n) is 4.33. The number of carboxylic acid groups (broad SMARTS) is 1. The summed E-state index contributed by atoms with van der Waals surface area (Å²) in [7, 11) is 0. The van der Waals surface area contributed by atoms with Crippen LogP contribution < -0.4 is 5.32 Å². The smallest absolute Gasteiger partial charge is 0.339 e. The summed E-state index contributed by atoms with van der Waals surface area (Å²) in [5, 5.41) is 13.2. The number of nitrogens with one attached hydrogen (secondary N) is 1. The Labute approximate surface area is 162 Å². The van der Waals surface area contributed by atoms with E-state index in [1.807, 2.05) is 30.3 Å². The zero-order valence-electron chi connectivity index (χ0n) is 15.1. The van der Waals surface area contributed by atoms with Crippen LogP contribution in [0.1, 0.15) is 58.5 Å². The summed E-state index contributed by atoms with van der Waals surface area (Å²) in [5.74, 6) is -1.07. The Bertz CT molecular complexity index is 853. The Balaban J connectivity index is 1.70. The molecule has 1 fully saturated rings. The van der Waals surface area contributed by atoms with Gasteiger partial charge in [0.1, 0.15) is 5.00 Å². The highest BCUT2D eigenvalue weighted by Crippen LogP contribution is 2.42. The van der Waals surface area contributed by atoms with Crippen LogP contribution in [-0.2, 0) is 28.0 Å². The minimum absolute atomic E-state index is 0.0876. The molecule has 0 unspecified atom stereocenters. The number of benzene rings is 1. The molecule has 4 rings (SSSR count). The number of fused-ring (bicyclic) bond motifs is 1. The quantitative estimate of drug-likeness (QED) is 0.820. The maximum atomic E-state index is 13.4. The lowest BCUT2D eigenvalue weighted by Gasteiger charge is -2.36. The highest BCUT2D eigenvalue weighted by atomic mass is 32.1. The fourth-order valence-corrected chi connectivity index (χ4v) is 5.50. The van der Waals surface area contributed by atoms with Crippen LogP contribution in [0.5, 0.6) is 0 Å². The molecule has 0 atom stereocenters. The van der Waals surface area contributed by atoms with Crippen LogP contribution in [0.15, 0.2) is 30.3 Å². The van der Waals surface area contributed by atoms with Gasteiger partial charge in [-0.25, -0.2) is 4.79 Å². The van der Waals surface area contributed by atoms with Crippen molar-refractivity contribution in [3.8, 4) is 0 Å². The number of carbonyl (C=O) groups excluding carboxylic acids is 1. The molecule has 27 heavy (non-hydrogen) atoms. The van der Waals surface area contributed by atoms with Gasteiger partial charge >= 0.3 is 5.97 Å². The summed E-state index contributed by atoms with van der Waals surface area (Å²) >= 11 is 1.34. The third kappa shape index (κ3) is 3.28. The number of hydrogen-bond donors (Lipinski definition) is 2. The van der Waals surface area contributed by atoms with Gasteiger partial charge in [0.05, 0.1) is 24.2 Å². The molecule has 2 aliphatic rings. The van der Waals surface area contributed by atoms with Crippen LogP contribution in [0.2, 0.25) is 0 Å². The number of ether oxygens (including phenoxy) is 1. The lowest BCUT2D eigenvalue weighted by Crippen LogP contribution is -2.42. The van der Waals surface area contributed by atoms with Crippen molar-refractivity contribution < 1.29 is 19.4 Å². The number of hydrogen-bond acceptors (Lipinski definition) is 4. The largest absolute Gasteiger partial charge is 0.478 e. The molecule has 0 radical (unpaired) electrons. The first kappa shape index (κ1) is 18.2. The third-order valence-corrected chi connectivity index (χ3v) is 6.85. The van der Waals surface area contributed by atoms with Crippen molar-refractivity contribution in [3.63, 3.8) is 0 Å². The summed E-state index contributed by atoms with van der Waals surface area (Å²) in [4.78, 5) is 26.2. The van der Waals surface area contributed by atoms with E-state index in [-0.39, 0.29) is 11.5 Å². The van der Waals surface area contributed by atoms with Gasteiger partial charge in [0, 0.05) is 4.88 Å². The normalized spacial score (nSPS) is 18.5. The second-order valence-electron chi connectivity index (χ2n) is 7.28. The van der Waals surface area contributed by atoms with Crippen molar-refractivity contribution in [2.75, 3.05) is 11.9 Å². The van der Waals surface area contributed by atoms with Crippen molar-refractivity contribution >= 4 is 28.2 Å². The molecule has 142 valence electrons. The average molecular weight is 385 g/mol. The van der Waals surface area contributed by atoms with Crippen LogP contribution >= 0.6 is 11.3 Å². The van der Waals surface area contributed by atoms with E-state index in [1.54, 1.807) is 0 Å². The van der Waals surface area contributed by atoms with E-state index < -0.39 is 11.4 Å². The van der Waals surface area contributed by atoms with Gasteiger partial charge in [-0.1, -0.05) is 49.6 Å². The van der Waals surface area contributed by atoms with Gasteiger partial charge in [-0.3, -0.25) is 4.79 Å². The van der Waals surface area contributed by atoms with E-state index in [0.717, 1.165) is 48.1 Å². The van der Waals surface area contributed by atoms with Gasteiger partial charge in [0.15, 0.2) is 0 Å². The Morgan fingerprint density at radius 2 is 1.85 bits per heavy atom. The number of carbonyl (C=O) groups is 2. The van der Waals surface area contributed by atoms with Gasteiger partial charge in [-0.05, 0) is 30.4 Å². The molecule has 1 saturated carbocycles. The van der Waals surface area contributed by atoms with E-state index >= 15 is 0 Å². The highest BCUT2D eigenvalue weighted by Gasteiger charge is 2.42. The molecular formula is C21H23NO4S. The third-order valence-electron chi connectivity index (χ3n) is 5.73. The maximum absolute atomic E-state index is 13.4. The van der Waals surface area contributed by atoms with Crippen LogP contribution in [0, 0.1) is 0 Å². The Morgan fingerprint density at radius 3 is 2.56 bits per heavy atom. The predicted molar refractivity (Wildman–Crippen MR) is 104 cm³/mol. The molecule has 0 spiro atoms. The summed E-state index contributed by atoms with van der Waals surface area (Å²) < 4.78 is 5.46. The molecule has 1 aromatic carbocycles. The van der Waals surface area contributed by atoms with Gasteiger partial charge < -0.3 is 15.2 Å². The monoisotopic (exact) mass is 385 g/mol. The Kier molecular flexibility index (Phi) is 5.02. The van der Waals surface area contributed by atoms with E-state index in [4.69, 9.17) is 4.74 Å². The van der Waals surface area contributed by atoms with Gasteiger partial charge in [-0.15, -0.1) is 11.3 Å². The summed E-state index contributed by atoms with van der Waals surface area (Å²) in [6.45, 7) is 0.936. The Hall–Kier alpha value is -2.18. The van der Waals surface area contributed by atoms with E-state index in [1.165, 1.54) is 11.3 Å². The number of aromatic carboxylic acids is 1. The molecule has 2 N–H and O–H groups in total. The lowest BCUT2D eigenvalue weighted by molar-refractivity contribution is -0.122. The van der Waals surface area contributed by atoms with Crippen molar-refractivity contribution in [3.05, 3.63) is 51.9 Å². The SMILES string of the molecule is O=C(O)c1c(NC(=O)C2(c3ccccc3)CCCCC2)sc2c1CCOC2. The Morgan fingerprint density at radius 1 is 1.11 bits per heavy atom. The maximum Gasteiger partial charge on any atom is 0.339 e. The molecule has 1 aromatic heterocycles. The van der Waals surface area contributed by atoms with Gasteiger partial charge in [0.25, 0.3) is 0 Å². The highest BCUT2D eigenvalue weighted by molar-refractivity contribution is 7.17. The minimum Gasteiger partial charge on any atom is -0.478 e. The standard InChI is InChI=1S/C21H23NO4S/c23-19(24)17-15-9-12-26-13-16(15)27-18(17)22-20(25)21(10-5-2-6-11-21)14-7-3-1-4-8-14/h1,3-4,7-8H,2,5-6,9-13H2,(H,22,25)(H,23,24).